The van der Waals surface area contributed by atoms with E-state index < -0.39 is 6.04 Å². The van der Waals surface area contributed by atoms with Crippen molar-refractivity contribution in [2.75, 3.05) is 6.54 Å². The molecule has 1 atom stereocenters. The van der Waals surface area contributed by atoms with Gasteiger partial charge in [-0.15, -0.1) is 0 Å². The lowest BCUT2D eigenvalue weighted by Gasteiger charge is -2.30. The minimum atomic E-state index is -0.524. The fourth-order valence-corrected chi connectivity index (χ4v) is 2.31. The molecule has 0 spiro atoms. The number of hydrogen-bond donors (Lipinski definition) is 2. The molecule has 0 fully saturated rings. The standard InChI is InChI=1S/C16H25ClN2O/c1-15(2,3)13(18)14(20)19-10-16(4,5)11-8-6-7-9-12(11)17/h6-9,13H,10,18H2,1-5H3,(H,19,20)/t13-/m1/s1. The van der Waals surface area contributed by atoms with Crippen LogP contribution in [0.4, 0.5) is 0 Å². The van der Waals surface area contributed by atoms with E-state index in [-0.39, 0.29) is 16.7 Å². The number of hydrogen-bond acceptors (Lipinski definition) is 2. The number of carbonyl (C=O) groups is 1. The number of rotatable bonds is 4. The first-order valence-electron chi connectivity index (χ1n) is 6.84. The monoisotopic (exact) mass is 296 g/mol. The number of nitrogens with two attached hydrogens (primary N) is 1. The van der Waals surface area contributed by atoms with Gasteiger partial charge in [-0.25, -0.2) is 0 Å². The second-order valence-electron chi connectivity index (χ2n) is 6.93. The predicted molar refractivity (Wildman–Crippen MR) is 84.9 cm³/mol. The summed E-state index contributed by atoms with van der Waals surface area (Å²) in [6.45, 7) is 10.5. The largest absolute Gasteiger partial charge is 0.354 e. The number of benzene rings is 1. The second-order valence-corrected chi connectivity index (χ2v) is 7.33. The quantitative estimate of drug-likeness (QED) is 0.897. The highest BCUT2D eigenvalue weighted by Crippen LogP contribution is 2.29. The fourth-order valence-electron chi connectivity index (χ4n) is 1.92. The highest BCUT2D eigenvalue weighted by molar-refractivity contribution is 6.31. The Labute approximate surface area is 126 Å². The summed E-state index contributed by atoms with van der Waals surface area (Å²) in [4.78, 5) is 12.1. The summed E-state index contributed by atoms with van der Waals surface area (Å²) in [5.41, 5.74) is 6.48. The van der Waals surface area contributed by atoms with Crippen molar-refractivity contribution in [3.8, 4) is 0 Å². The average Bonchev–Trinajstić information content (AvgIpc) is 2.34. The van der Waals surface area contributed by atoms with Crippen molar-refractivity contribution in [3.63, 3.8) is 0 Å². The van der Waals surface area contributed by atoms with Crippen LogP contribution >= 0.6 is 11.6 Å². The average molecular weight is 297 g/mol. The molecule has 3 N–H and O–H groups in total. The van der Waals surface area contributed by atoms with E-state index >= 15 is 0 Å². The van der Waals surface area contributed by atoms with Gasteiger partial charge in [0.1, 0.15) is 0 Å². The number of nitrogens with one attached hydrogen (secondary N) is 1. The van der Waals surface area contributed by atoms with Crippen LogP contribution in [0.5, 0.6) is 0 Å². The first-order chi connectivity index (χ1) is 9.05. The molecule has 0 bridgehead atoms. The smallest absolute Gasteiger partial charge is 0.237 e. The number of halogens is 1. The highest BCUT2D eigenvalue weighted by atomic mass is 35.5. The van der Waals surface area contributed by atoms with Gasteiger partial charge in [0.25, 0.3) is 0 Å². The molecule has 4 heteroatoms. The van der Waals surface area contributed by atoms with Crippen LogP contribution in [0.3, 0.4) is 0 Å². The molecular formula is C16H25ClN2O. The van der Waals surface area contributed by atoms with E-state index in [2.05, 4.69) is 19.2 Å². The first kappa shape index (κ1) is 17.0. The maximum atomic E-state index is 12.1. The molecule has 0 radical (unpaired) electrons. The van der Waals surface area contributed by atoms with Crippen molar-refractivity contribution in [2.24, 2.45) is 11.1 Å². The zero-order chi connectivity index (χ0) is 15.6. The van der Waals surface area contributed by atoms with E-state index in [0.29, 0.717) is 11.6 Å². The Morgan fingerprint density at radius 3 is 2.30 bits per heavy atom. The topological polar surface area (TPSA) is 55.1 Å². The summed E-state index contributed by atoms with van der Waals surface area (Å²) < 4.78 is 0. The third kappa shape index (κ3) is 4.22. The van der Waals surface area contributed by atoms with Crippen molar-refractivity contribution in [1.29, 1.82) is 0 Å². The number of carbonyl (C=O) groups excluding carboxylic acids is 1. The van der Waals surface area contributed by atoms with E-state index in [0.717, 1.165) is 5.56 Å². The molecule has 0 aliphatic carbocycles. The lowest BCUT2D eigenvalue weighted by molar-refractivity contribution is -0.124. The van der Waals surface area contributed by atoms with Gasteiger partial charge >= 0.3 is 0 Å². The van der Waals surface area contributed by atoms with Crippen LogP contribution in [0, 0.1) is 5.41 Å². The SMILES string of the molecule is CC(C)(CNC(=O)[C@@H](N)C(C)(C)C)c1ccccc1Cl. The molecule has 1 aromatic carbocycles. The van der Waals surface area contributed by atoms with Crippen molar-refractivity contribution in [3.05, 3.63) is 34.9 Å². The second kappa shape index (κ2) is 6.15. The van der Waals surface area contributed by atoms with Gasteiger partial charge in [-0.1, -0.05) is 64.4 Å². The van der Waals surface area contributed by atoms with Crippen LogP contribution in [0.1, 0.15) is 40.2 Å². The van der Waals surface area contributed by atoms with E-state index in [9.17, 15) is 4.79 Å². The molecule has 3 nitrogen and oxygen atoms in total. The molecule has 1 rings (SSSR count). The number of amides is 1. The van der Waals surface area contributed by atoms with Gasteiger partial charge < -0.3 is 11.1 Å². The lowest BCUT2D eigenvalue weighted by Crippen LogP contribution is -2.50. The van der Waals surface area contributed by atoms with Gasteiger partial charge in [-0.05, 0) is 17.0 Å². The molecule has 0 aliphatic rings. The van der Waals surface area contributed by atoms with Crippen LogP contribution < -0.4 is 11.1 Å². The third-order valence-electron chi connectivity index (χ3n) is 3.52. The van der Waals surface area contributed by atoms with Gasteiger partial charge in [-0.3, -0.25) is 4.79 Å². The summed E-state index contributed by atoms with van der Waals surface area (Å²) in [5.74, 6) is -0.127. The molecule has 0 saturated heterocycles. The third-order valence-corrected chi connectivity index (χ3v) is 3.85. The van der Waals surface area contributed by atoms with E-state index in [1.54, 1.807) is 0 Å². The minimum Gasteiger partial charge on any atom is -0.354 e. The van der Waals surface area contributed by atoms with Gasteiger partial charge in [0.15, 0.2) is 0 Å². The van der Waals surface area contributed by atoms with Gasteiger partial charge in [-0.2, -0.15) is 0 Å². The van der Waals surface area contributed by atoms with E-state index in [1.165, 1.54) is 0 Å². The summed E-state index contributed by atoms with van der Waals surface area (Å²) in [6.07, 6.45) is 0. The molecule has 0 unspecified atom stereocenters. The van der Waals surface area contributed by atoms with E-state index in [1.807, 2.05) is 45.0 Å². The van der Waals surface area contributed by atoms with Crippen LogP contribution in [-0.4, -0.2) is 18.5 Å². The molecule has 1 amide bonds. The molecule has 0 saturated carbocycles. The Balaban J connectivity index is 2.74. The van der Waals surface area contributed by atoms with Crippen molar-refractivity contribution < 1.29 is 4.79 Å². The molecule has 0 heterocycles. The Bertz CT molecular complexity index is 478. The van der Waals surface area contributed by atoms with Crippen molar-refractivity contribution in [1.82, 2.24) is 5.32 Å². The fraction of sp³-hybridized carbons (Fsp3) is 0.562. The molecule has 1 aromatic rings. The zero-order valence-corrected chi connectivity index (χ0v) is 13.7. The van der Waals surface area contributed by atoms with Crippen LogP contribution in [-0.2, 0) is 10.2 Å². The van der Waals surface area contributed by atoms with Gasteiger partial charge in [0.05, 0.1) is 6.04 Å². The molecule has 112 valence electrons. The van der Waals surface area contributed by atoms with Crippen LogP contribution in [0.15, 0.2) is 24.3 Å². The summed E-state index contributed by atoms with van der Waals surface area (Å²) in [7, 11) is 0. The minimum absolute atomic E-state index is 0.127. The molecule has 0 aromatic heterocycles. The summed E-state index contributed by atoms with van der Waals surface area (Å²) in [6, 6.07) is 7.17. The van der Waals surface area contributed by atoms with Crippen molar-refractivity contribution in [2.45, 2.75) is 46.1 Å². The summed E-state index contributed by atoms with van der Waals surface area (Å²) >= 11 is 6.22. The molecular weight excluding hydrogens is 272 g/mol. The Hall–Kier alpha value is -1.06. The lowest BCUT2D eigenvalue weighted by atomic mass is 9.83. The van der Waals surface area contributed by atoms with Crippen molar-refractivity contribution >= 4 is 17.5 Å². The molecule has 0 aliphatic heterocycles. The van der Waals surface area contributed by atoms with Gasteiger partial charge in [0.2, 0.25) is 5.91 Å². The maximum Gasteiger partial charge on any atom is 0.237 e. The molecule has 20 heavy (non-hydrogen) atoms. The normalized spacial score (nSPS) is 13.9. The Morgan fingerprint density at radius 2 is 1.80 bits per heavy atom. The highest BCUT2D eigenvalue weighted by Gasteiger charge is 2.29. The van der Waals surface area contributed by atoms with Gasteiger partial charge in [0, 0.05) is 17.0 Å². The Morgan fingerprint density at radius 1 is 1.25 bits per heavy atom. The predicted octanol–water partition coefficient (Wildman–Crippen LogP) is 3.11. The van der Waals surface area contributed by atoms with Crippen LogP contribution in [0.2, 0.25) is 5.02 Å². The summed E-state index contributed by atoms with van der Waals surface area (Å²) in [5, 5.41) is 3.65. The maximum absolute atomic E-state index is 12.1. The van der Waals surface area contributed by atoms with E-state index in [4.69, 9.17) is 17.3 Å². The zero-order valence-electron chi connectivity index (χ0n) is 13.0. The van der Waals surface area contributed by atoms with Crippen LogP contribution in [0.25, 0.3) is 0 Å². The Kier molecular flexibility index (Phi) is 5.22. The first-order valence-corrected chi connectivity index (χ1v) is 7.22.